The first kappa shape index (κ1) is 12.4. The Kier molecular flexibility index (Phi) is 3.14. The molecule has 2 N–H and O–H groups in total. The van der Waals surface area contributed by atoms with Gasteiger partial charge in [-0.1, -0.05) is 6.07 Å². The number of hydrogen-bond acceptors (Lipinski definition) is 3. The lowest BCUT2D eigenvalue weighted by Gasteiger charge is -2.43. The summed E-state index contributed by atoms with van der Waals surface area (Å²) in [5.41, 5.74) is 1.15. The average molecular weight is 261 g/mol. The summed E-state index contributed by atoms with van der Waals surface area (Å²) in [4.78, 5) is 23.3. The second kappa shape index (κ2) is 4.81. The van der Waals surface area contributed by atoms with E-state index in [1.807, 2.05) is 16.7 Å². The molecule has 5 heteroatoms. The van der Waals surface area contributed by atoms with Gasteiger partial charge in [-0.3, -0.25) is 9.59 Å². The SMILES string of the molecule is CC(=O)NC[C@H]1[C@@H]2CNC[C@@H](C2)c2cccc(=O)n21. The van der Waals surface area contributed by atoms with Gasteiger partial charge in [0, 0.05) is 44.2 Å². The second-order valence-corrected chi connectivity index (χ2v) is 5.51. The molecule has 5 nitrogen and oxygen atoms in total. The van der Waals surface area contributed by atoms with E-state index in [2.05, 4.69) is 10.6 Å². The molecule has 2 aliphatic heterocycles. The van der Waals surface area contributed by atoms with E-state index in [1.165, 1.54) is 6.92 Å². The third kappa shape index (κ3) is 2.18. The number of carbonyl (C=O) groups excluding carboxylic acids is 1. The van der Waals surface area contributed by atoms with Gasteiger partial charge >= 0.3 is 0 Å². The van der Waals surface area contributed by atoms with Crippen LogP contribution >= 0.6 is 0 Å². The molecule has 19 heavy (non-hydrogen) atoms. The molecule has 1 aromatic heterocycles. The van der Waals surface area contributed by atoms with E-state index in [1.54, 1.807) is 6.07 Å². The number of aromatic nitrogens is 1. The van der Waals surface area contributed by atoms with Crippen molar-refractivity contribution in [3.8, 4) is 0 Å². The van der Waals surface area contributed by atoms with E-state index in [0.29, 0.717) is 18.4 Å². The maximum Gasteiger partial charge on any atom is 0.251 e. The molecule has 0 spiro atoms. The molecular weight excluding hydrogens is 242 g/mol. The highest BCUT2D eigenvalue weighted by Gasteiger charge is 2.37. The lowest BCUT2D eigenvalue weighted by Crippen LogP contribution is -2.50. The van der Waals surface area contributed by atoms with Gasteiger partial charge in [0.25, 0.3) is 5.56 Å². The van der Waals surface area contributed by atoms with E-state index in [0.717, 1.165) is 25.2 Å². The molecule has 3 atom stereocenters. The van der Waals surface area contributed by atoms with Crippen LogP contribution in [0.15, 0.2) is 23.0 Å². The van der Waals surface area contributed by atoms with Crippen molar-refractivity contribution in [3.63, 3.8) is 0 Å². The van der Waals surface area contributed by atoms with E-state index in [-0.39, 0.29) is 17.5 Å². The Morgan fingerprint density at radius 2 is 2.32 bits per heavy atom. The molecular formula is C14H19N3O2. The molecule has 0 aromatic carbocycles. The van der Waals surface area contributed by atoms with Crippen LogP contribution in [0.25, 0.3) is 0 Å². The smallest absolute Gasteiger partial charge is 0.251 e. The summed E-state index contributed by atoms with van der Waals surface area (Å²) in [7, 11) is 0. The summed E-state index contributed by atoms with van der Waals surface area (Å²) < 4.78 is 1.90. The first-order chi connectivity index (χ1) is 9.16. The van der Waals surface area contributed by atoms with Gasteiger partial charge < -0.3 is 15.2 Å². The van der Waals surface area contributed by atoms with Crippen molar-refractivity contribution < 1.29 is 4.79 Å². The molecule has 0 aliphatic carbocycles. The molecule has 2 bridgehead atoms. The van der Waals surface area contributed by atoms with Crippen LogP contribution in [0, 0.1) is 5.92 Å². The van der Waals surface area contributed by atoms with Crippen molar-refractivity contribution >= 4 is 5.91 Å². The predicted octanol–water partition coefficient (Wildman–Crippen LogP) is 0.232. The summed E-state index contributed by atoms with van der Waals surface area (Å²) in [5, 5.41) is 6.30. The molecule has 3 rings (SSSR count). The predicted molar refractivity (Wildman–Crippen MR) is 72.1 cm³/mol. The topological polar surface area (TPSA) is 63.1 Å². The van der Waals surface area contributed by atoms with E-state index < -0.39 is 0 Å². The van der Waals surface area contributed by atoms with Crippen molar-refractivity contribution in [3.05, 3.63) is 34.2 Å². The van der Waals surface area contributed by atoms with Gasteiger partial charge in [-0.2, -0.15) is 0 Å². The summed E-state index contributed by atoms with van der Waals surface area (Å²) in [6.45, 7) is 3.90. The molecule has 102 valence electrons. The summed E-state index contributed by atoms with van der Waals surface area (Å²) in [6, 6.07) is 5.55. The van der Waals surface area contributed by atoms with Crippen LogP contribution in [-0.4, -0.2) is 30.1 Å². The highest BCUT2D eigenvalue weighted by molar-refractivity contribution is 5.72. The summed E-state index contributed by atoms with van der Waals surface area (Å²) in [6.07, 6.45) is 1.10. The number of nitrogens with one attached hydrogen (secondary N) is 2. The highest BCUT2D eigenvalue weighted by Crippen LogP contribution is 2.37. The zero-order valence-electron chi connectivity index (χ0n) is 11.1. The van der Waals surface area contributed by atoms with Crippen LogP contribution in [0.5, 0.6) is 0 Å². The Morgan fingerprint density at radius 1 is 1.47 bits per heavy atom. The number of pyridine rings is 1. The van der Waals surface area contributed by atoms with Crippen LogP contribution in [0.2, 0.25) is 0 Å². The van der Waals surface area contributed by atoms with Crippen molar-refractivity contribution in [2.45, 2.75) is 25.3 Å². The molecule has 1 aromatic rings. The zero-order chi connectivity index (χ0) is 13.4. The Hall–Kier alpha value is -1.62. The summed E-state index contributed by atoms with van der Waals surface area (Å²) in [5.74, 6) is 0.788. The van der Waals surface area contributed by atoms with Gasteiger partial charge in [-0.25, -0.2) is 0 Å². The Labute approximate surface area is 112 Å². The van der Waals surface area contributed by atoms with Crippen molar-refractivity contribution in [2.24, 2.45) is 5.92 Å². The van der Waals surface area contributed by atoms with Gasteiger partial charge in [0.2, 0.25) is 5.91 Å². The number of carbonyl (C=O) groups is 1. The monoisotopic (exact) mass is 261 g/mol. The number of piperidine rings is 1. The van der Waals surface area contributed by atoms with Crippen LogP contribution in [0.4, 0.5) is 0 Å². The fourth-order valence-corrected chi connectivity index (χ4v) is 3.42. The minimum Gasteiger partial charge on any atom is -0.354 e. The normalized spacial score (nSPS) is 28.6. The Morgan fingerprint density at radius 3 is 3.11 bits per heavy atom. The third-order valence-corrected chi connectivity index (χ3v) is 4.26. The van der Waals surface area contributed by atoms with Gasteiger partial charge in [0.15, 0.2) is 0 Å². The fourth-order valence-electron chi connectivity index (χ4n) is 3.42. The number of rotatable bonds is 2. The molecule has 1 saturated heterocycles. The molecule has 3 heterocycles. The minimum atomic E-state index is -0.0450. The van der Waals surface area contributed by atoms with Crippen LogP contribution < -0.4 is 16.2 Å². The fraction of sp³-hybridized carbons (Fsp3) is 0.571. The van der Waals surface area contributed by atoms with E-state index in [4.69, 9.17) is 0 Å². The molecule has 1 fully saturated rings. The summed E-state index contributed by atoms with van der Waals surface area (Å²) >= 11 is 0. The number of hydrogen-bond donors (Lipinski definition) is 2. The van der Waals surface area contributed by atoms with Crippen LogP contribution in [-0.2, 0) is 4.79 Å². The number of fused-ring (bicyclic) bond motifs is 4. The van der Waals surface area contributed by atoms with E-state index >= 15 is 0 Å². The third-order valence-electron chi connectivity index (χ3n) is 4.26. The highest BCUT2D eigenvalue weighted by atomic mass is 16.1. The molecule has 0 saturated carbocycles. The molecule has 2 aliphatic rings. The van der Waals surface area contributed by atoms with Gasteiger partial charge in [0.1, 0.15) is 0 Å². The average Bonchev–Trinajstić information content (AvgIpc) is 2.39. The minimum absolute atomic E-state index is 0.0450. The Bertz CT molecular complexity index is 552. The van der Waals surface area contributed by atoms with Crippen molar-refractivity contribution in [1.82, 2.24) is 15.2 Å². The lowest BCUT2D eigenvalue weighted by atomic mass is 9.79. The lowest BCUT2D eigenvalue weighted by molar-refractivity contribution is -0.119. The Balaban J connectivity index is 2.01. The number of nitrogens with zero attached hydrogens (tertiary/aromatic N) is 1. The maximum atomic E-state index is 12.2. The largest absolute Gasteiger partial charge is 0.354 e. The first-order valence-electron chi connectivity index (χ1n) is 6.83. The zero-order valence-corrected chi connectivity index (χ0v) is 11.1. The van der Waals surface area contributed by atoms with Gasteiger partial charge in [-0.15, -0.1) is 0 Å². The first-order valence-corrected chi connectivity index (χ1v) is 6.83. The van der Waals surface area contributed by atoms with Gasteiger partial charge in [0.05, 0.1) is 6.04 Å². The number of amides is 1. The van der Waals surface area contributed by atoms with Crippen molar-refractivity contribution in [2.75, 3.05) is 19.6 Å². The quantitative estimate of drug-likeness (QED) is 0.801. The maximum absolute atomic E-state index is 12.2. The van der Waals surface area contributed by atoms with Crippen molar-refractivity contribution in [1.29, 1.82) is 0 Å². The molecule has 1 amide bonds. The van der Waals surface area contributed by atoms with Crippen LogP contribution in [0.1, 0.15) is 31.0 Å². The standard InChI is InChI=1S/C14H19N3O2/c1-9(18)16-8-13-11-5-10(6-15-7-11)12-3-2-4-14(19)17(12)13/h2-4,10-11,13,15H,5-8H2,1H3,(H,16,18)/t10-,11+,13+/m1/s1. The molecule has 0 unspecified atom stereocenters. The van der Waals surface area contributed by atoms with Gasteiger partial charge in [-0.05, 0) is 18.4 Å². The van der Waals surface area contributed by atoms with E-state index in [9.17, 15) is 9.59 Å². The molecule has 0 radical (unpaired) electrons. The second-order valence-electron chi connectivity index (χ2n) is 5.51. The van der Waals surface area contributed by atoms with Crippen LogP contribution in [0.3, 0.4) is 0 Å².